The average Bonchev–Trinajstić information content (AvgIpc) is 2.58. The van der Waals surface area contributed by atoms with Crippen LogP contribution in [0, 0.1) is 17.8 Å². The van der Waals surface area contributed by atoms with Crippen molar-refractivity contribution >= 4 is 15.6 Å². The maximum absolute atomic E-state index is 11.7. The molecule has 0 aliphatic heterocycles. The molecule has 0 bridgehead atoms. The Morgan fingerprint density at radius 1 is 1.27 bits per heavy atom. The van der Waals surface area contributed by atoms with Gasteiger partial charge in [-0.05, 0) is 31.1 Å². The fraction of sp³-hybridized carbons (Fsp3) is 0.909. The molecule has 2 atom stereocenters. The topological polar surface area (TPSA) is 51.2 Å². The second kappa shape index (κ2) is 3.89. The molecule has 0 aromatic rings. The summed E-state index contributed by atoms with van der Waals surface area (Å²) in [7, 11) is -2.90. The Morgan fingerprint density at radius 2 is 1.87 bits per heavy atom. The van der Waals surface area contributed by atoms with Gasteiger partial charge in [0.25, 0.3) is 0 Å². The number of sulfone groups is 1. The van der Waals surface area contributed by atoms with E-state index in [4.69, 9.17) is 0 Å². The van der Waals surface area contributed by atoms with Crippen molar-refractivity contribution in [2.24, 2.45) is 17.8 Å². The maximum atomic E-state index is 11.7. The quantitative estimate of drug-likeness (QED) is 0.718. The van der Waals surface area contributed by atoms with E-state index >= 15 is 0 Å². The Labute approximate surface area is 91.2 Å². The molecule has 0 N–H and O–H groups in total. The van der Waals surface area contributed by atoms with Gasteiger partial charge in [0.1, 0.15) is 15.6 Å². The number of hydrogen-bond donors (Lipinski definition) is 0. The van der Waals surface area contributed by atoms with Gasteiger partial charge in [0, 0.05) is 18.6 Å². The van der Waals surface area contributed by atoms with Crippen molar-refractivity contribution in [3.63, 3.8) is 0 Å². The Kier molecular flexibility index (Phi) is 2.88. The van der Waals surface area contributed by atoms with Gasteiger partial charge in [0.05, 0.1) is 5.75 Å². The highest BCUT2D eigenvalue weighted by molar-refractivity contribution is 7.90. The van der Waals surface area contributed by atoms with Crippen molar-refractivity contribution in [2.45, 2.75) is 32.1 Å². The van der Waals surface area contributed by atoms with Gasteiger partial charge in [0.15, 0.2) is 0 Å². The van der Waals surface area contributed by atoms with Gasteiger partial charge in [-0.2, -0.15) is 0 Å². The number of ketones is 1. The van der Waals surface area contributed by atoms with Gasteiger partial charge in [-0.25, -0.2) is 8.42 Å². The van der Waals surface area contributed by atoms with E-state index < -0.39 is 9.84 Å². The number of carbonyl (C=O) groups is 1. The summed E-state index contributed by atoms with van der Waals surface area (Å²) in [4.78, 5) is 11.7. The summed E-state index contributed by atoms with van der Waals surface area (Å²) < 4.78 is 21.8. The number of hydrogen-bond acceptors (Lipinski definition) is 3. The first kappa shape index (κ1) is 11.1. The van der Waals surface area contributed by atoms with Crippen LogP contribution in [0.5, 0.6) is 0 Å². The molecule has 0 saturated heterocycles. The second-order valence-corrected chi connectivity index (χ2v) is 7.24. The second-order valence-electron chi connectivity index (χ2n) is 4.98. The van der Waals surface area contributed by atoms with Crippen molar-refractivity contribution in [1.82, 2.24) is 0 Å². The molecule has 0 amide bonds. The number of rotatable bonds is 5. The summed E-state index contributed by atoms with van der Waals surface area (Å²) >= 11 is 0. The lowest BCUT2D eigenvalue weighted by Gasteiger charge is -2.02. The molecule has 0 radical (unpaired) electrons. The van der Waals surface area contributed by atoms with E-state index in [1.165, 1.54) is 25.5 Å². The molecular formula is C11H18O3S. The van der Waals surface area contributed by atoms with Crippen LogP contribution in [0.2, 0.25) is 0 Å². The van der Waals surface area contributed by atoms with Crippen molar-refractivity contribution in [1.29, 1.82) is 0 Å². The minimum Gasteiger partial charge on any atom is -0.299 e. The van der Waals surface area contributed by atoms with Crippen LogP contribution in [0.3, 0.4) is 0 Å². The standard InChI is InChI=1S/C11H18O3S/c1-15(13,14)7-3-6-10(12)11-8-4-2-5-9(8)11/h8-9,11H,2-7H2,1H3. The van der Waals surface area contributed by atoms with Gasteiger partial charge in [-0.1, -0.05) is 6.42 Å². The molecule has 2 aliphatic rings. The highest BCUT2D eigenvalue weighted by Crippen LogP contribution is 2.58. The zero-order chi connectivity index (χ0) is 11.1. The third kappa shape index (κ3) is 2.60. The zero-order valence-corrected chi connectivity index (χ0v) is 9.92. The van der Waals surface area contributed by atoms with Gasteiger partial charge < -0.3 is 0 Å². The highest BCUT2D eigenvalue weighted by Gasteiger charge is 2.55. The van der Waals surface area contributed by atoms with E-state index in [0.717, 1.165) is 0 Å². The van der Waals surface area contributed by atoms with Crippen LogP contribution in [0.1, 0.15) is 32.1 Å². The largest absolute Gasteiger partial charge is 0.299 e. The van der Waals surface area contributed by atoms with E-state index in [1.807, 2.05) is 0 Å². The van der Waals surface area contributed by atoms with Crippen molar-refractivity contribution in [3.05, 3.63) is 0 Å². The van der Waals surface area contributed by atoms with Crippen LogP contribution in [-0.4, -0.2) is 26.2 Å². The summed E-state index contributed by atoms with van der Waals surface area (Å²) in [5.74, 6) is 2.10. The van der Waals surface area contributed by atoms with E-state index in [1.54, 1.807) is 0 Å². The van der Waals surface area contributed by atoms with Gasteiger partial charge in [-0.15, -0.1) is 0 Å². The third-order valence-electron chi connectivity index (χ3n) is 3.72. The molecule has 0 spiro atoms. The van der Waals surface area contributed by atoms with Gasteiger partial charge in [0.2, 0.25) is 0 Å². The van der Waals surface area contributed by atoms with E-state index in [0.29, 0.717) is 36.4 Å². The summed E-state index contributed by atoms with van der Waals surface area (Å²) in [6, 6.07) is 0. The lowest BCUT2D eigenvalue weighted by Crippen LogP contribution is -2.09. The van der Waals surface area contributed by atoms with E-state index in [-0.39, 0.29) is 5.75 Å². The minimum absolute atomic E-state index is 0.154. The summed E-state index contributed by atoms with van der Waals surface area (Å²) in [6.45, 7) is 0. The Bertz CT molecular complexity index is 348. The van der Waals surface area contributed by atoms with Crippen LogP contribution in [0.4, 0.5) is 0 Å². The van der Waals surface area contributed by atoms with E-state index in [2.05, 4.69) is 0 Å². The molecule has 2 rings (SSSR count). The molecule has 2 aliphatic carbocycles. The van der Waals surface area contributed by atoms with Crippen LogP contribution in [0.15, 0.2) is 0 Å². The summed E-state index contributed by atoms with van der Waals surface area (Å²) in [5, 5.41) is 0. The monoisotopic (exact) mass is 230 g/mol. The van der Waals surface area contributed by atoms with Crippen LogP contribution < -0.4 is 0 Å². The normalized spacial score (nSPS) is 33.8. The average molecular weight is 230 g/mol. The lowest BCUT2D eigenvalue weighted by atomic mass is 10.0. The van der Waals surface area contributed by atoms with Crippen molar-refractivity contribution in [3.8, 4) is 0 Å². The molecule has 4 heteroatoms. The molecule has 86 valence electrons. The molecular weight excluding hydrogens is 212 g/mol. The fourth-order valence-corrected chi connectivity index (χ4v) is 3.64. The summed E-state index contributed by atoms with van der Waals surface area (Å²) in [5.41, 5.74) is 0. The zero-order valence-electron chi connectivity index (χ0n) is 9.11. The smallest absolute Gasteiger partial charge is 0.147 e. The van der Waals surface area contributed by atoms with Crippen LogP contribution in [0.25, 0.3) is 0 Å². The Balaban J connectivity index is 1.71. The van der Waals surface area contributed by atoms with Crippen molar-refractivity contribution < 1.29 is 13.2 Å². The first-order chi connectivity index (χ1) is 6.99. The number of Topliss-reactive ketones (excluding diaryl/α,β-unsaturated/α-hetero) is 1. The molecule has 2 unspecified atom stereocenters. The lowest BCUT2D eigenvalue weighted by molar-refractivity contribution is -0.121. The Hall–Kier alpha value is -0.380. The molecule has 3 nitrogen and oxygen atoms in total. The van der Waals surface area contributed by atoms with Crippen LogP contribution in [-0.2, 0) is 14.6 Å². The molecule has 0 heterocycles. The molecule has 15 heavy (non-hydrogen) atoms. The SMILES string of the molecule is CS(=O)(=O)CCCC(=O)C1C2CCCC21. The van der Waals surface area contributed by atoms with Gasteiger partial charge >= 0.3 is 0 Å². The number of fused-ring (bicyclic) bond motifs is 1. The van der Waals surface area contributed by atoms with E-state index in [9.17, 15) is 13.2 Å². The van der Waals surface area contributed by atoms with Crippen molar-refractivity contribution in [2.75, 3.05) is 12.0 Å². The maximum Gasteiger partial charge on any atom is 0.147 e. The molecule has 0 aromatic heterocycles. The fourth-order valence-electron chi connectivity index (χ4n) is 2.97. The first-order valence-electron chi connectivity index (χ1n) is 5.69. The van der Waals surface area contributed by atoms with Gasteiger partial charge in [-0.3, -0.25) is 4.79 Å². The third-order valence-corrected chi connectivity index (χ3v) is 4.75. The molecule has 0 aromatic carbocycles. The summed E-state index contributed by atoms with van der Waals surface area (Å²) in [6.07, 6.45) is 5.91. The predicted molar refractivity (Wildman–Crippen MR) is 58.3 cm³/mol. The number of carbonyl (C=O) groups excluding carboxylic acids is 1. The highest BCUT2D eigenvalue weighted by atomic mass is 32.2. The van der Waals surface area contributed by atoms with Crippen LogP contribution >= 0.6 is 0 Å². The molecule has 2 saturated carbocycles. The molecule has 2 fully saturated rings. The minimum atomic E-state index is -2.90. The first-order valence-corrected chi connectivity index (χ1v) is 7.75. The predicted octanol–water partition coefficient (Wildman–Crippen LogP) is 1.43. The Morgan fingerprint density at radius 3 is 2.40 bits per heavy atom.